The van der Waals surface area contributed by atoms with Crippen molar-refractivity contribution in [3.8, 4) is 0 Å². The number of carbonyl (C=O) groups is 1. The van der Waals surface area contributed by atoms with Crippen LogP contribution < -0.4 is 10.6 Å². The smallest absolute Gasteiger partial charge is 0.226 e. The molecule has 0 aromatic carbocycles. The highest BCUT2D eigenvalue weighted by Crippen LogP contribution is 2.07. The van der Waals surface area contributed by atoms with Gasteiger partial charge in [0.15, 0.2) is 5.82 Å². The summed E-state index contributed by atoms with van der Waals surface area (Å²) in [5.41, 5.74) is 1.06. The van der Waals surface area contributed by atoms with Crippen LogP contribution in [0.5, 0.6) is 0 Å². The maximum absolute atomic E-state index is 11.6. The lowest BCUT2D eigenvalue weighted by Crippen LogP contribution is -2.27. The van der Waals surface area contributed by atoms with Crippen LogP contribution in [0.2, 0.25) is 0 Å². The Labute approximate surface area is 102 Å². The number of aromatic amines is 1. The normalized spacial score (nSPS) is 10.8. The summed E-state index contributed by atoms with van der Waals surface area (Å²) in [7, 11) is 0. The lowest BCUT2D eigenvalue weighted by atomic mass is 10.2. The Morgan fingerprint density at radius 3 is 2.94 bits per heavy atom. The molecule has 0 bridgehead atoms. The minimum absolute atomic E-state index is 0.00676. The first-order valence-corrected chi connectivity index (χ1v) is 6.19. The van der Waals surface area contributed by atoms with Crippen LogP contribution in [-0.4, -0.2) is 28.7 Å². The van der Waals surface area contributed by atoms with Gasteiger partial charge in [0.1, 0.15) is 0 Å². The third kappa shape index (κ3) is 5.49. The van der Waals surface area contributed by atoms with Crippen LogP contribution in [0.15, 0.2) is 6.07 Å². The molecule has 0 atom stereocenters. The topological polar surface area (TPSA) is 69.8 Å². The lowest BCUT2D eigenvalue weighted by molar-refractivity contribution is -0.116. The first kappa shape index (κ1) is 13.7. The molecule has 5 nitrogen and oxygen atoms in total. The van der Waals surface area contributed by atoms with Crippen molar-refractivity contribution in [3.63, 3.8) is 0 Å². The monoisotopic (exact) mass is 238 g/mol. The van der Waals surface area contributed by atoms with Crippen molar-refractivity contribution in [2.45, 2.75) is 46.1 Å². The van der Waals surface area contributed by atoms with Crippen LogP contribution in [0.25, 0.3) is 0 Å². The van der Waals surface area contributed by atoms with Gasteiger partial charge < -0.3 is 10.6 Å². The summed E-state index contributed by atoms with van der Waals surface area (Å²) < 4.78 is 0. The first-order chi connectivity index (χ1) is 8.11. The molecule has 1 aromatic heterocycles. The molecule has 0 aliphatic heterocycles. The molecule has 0 radical (unpaired) electrons. The van der Waals surface area contributed by atoms with Gasteiger partial charge >= 0.3 is 0 Å². The van der Waals surface area contributed by atoms with E-state index in [-0.39, 0.29) is 5.91 Å². The van der Waals surface area contributed by atoms with E-state index in [1.54, 1.807) is 0 Å². The fourth-order valence-corrected chi connectivity index (χ4v) is 1.50. The fraction of sp³-hybridized carbons (Fsp3) is 0.667. The van der Waals surface area contributed by atoms with E-state index in [0.29, 0.717) is 24.8 Å². The van der Waals surface area contributed by atoms with E-state index < -0.39 is 0 Å². The van der Waals surface area contributed by atoms with Gasteiger partial charge in [-0.15, -0.1) is 0 Å². The largest absolute Gasteiger partial charge is 0.314 e. The van der Waals surface area contributed by atoms with E-state index in [0.717, 1.165) is 18.5 Å². The molecule has 3 N–H and O–H groups in total. The van der Waals surface area contributed by atoms with Gasteiger partial charge in [-0.3, -0.25) is 9.89 Å². The maximum atomic E-state index is 11.6. The Kier molecular flexibility index (Phi) is 5.69. The number of hydrogen-bond donors (Lipinski definition) is 3. The SMILES string of the molecule is CCCc1cc(NC(=O)CCNC(C)C)n[nH]1. The van der Waals surface area contributed by atoms with Crippen LogP contribution in [0.4, 0.5) is 5.82 Å². The summed E-state index contributed by atoms with van der Waals surface area (Å²) in [6.45, 7) is 6.91. The molecular formula is C12H22N4O. The van der Waals surface area contributed by atoms with Crippen molar-refractivity contribution in [3.05, 3.63) is 11.8 Å². The zero-order valence-electron chi connectivity index (χ0n) is 10.8. The quantitative estimate of drug-likeness (QED) is 0.677. The van der Waals surface area contributed by atoms with Gasteiger partial charge in [0.05, 0.1) is 0 Å². The number of aryl methyl sites for hydroxylation is 1. The van der Waals surface area contributed by atoms with Gasteiger partial charge in [-0.1, -0.05) is 27.2 Å². The summed E-state index contributed by atoms with van der Waals surface area (Å²) in [5.74, 6) is 0.607. The summed E-state index contributed by atoms with van der Waals surface area (Å²) >= 11 is 0. The number of nitrogens with one attached hydrogen (secondary N) is 3. The van der Waals surface area contributed by atoms with E-state index in [1.165, 1.54) is 0 Å². The van der Waals surface area contributed by atoms with Crippen LogP contribution in [0.1, 0.15) is 39.3 Å². The van der Waals surface area contributed by atoms with Crippen LogP contribution >= 0.6 is 0 Å². The number of hydrogen-bond acceptors (Lipinski definition) is 3. The van der Waals surface area contributed by atoms with Gasteiger partial charge in [0.25, 0.3) is 0 Å². The second kappa shape index (κ2) is 7.06. The van der Waals surface area contributed by atoms with Crippen LogP contribution in [0, 0.1) is 0 Å². The standard InChI is InChI=1S/C12H22N4O/c1-4-5-10-8-11(16-15-10)14-12(17)6-7-13-9(2)3/h8-9,13H,4-7H2,1-3H3,(H2,14,15,16,17). The van der Waals surface area contributed by atoms with Crippen molar-refractivity contribution in [2.75, 3.05) is 11.9 Å². The van der Waals surface area contributed by atoms with Crippen molar-refractivity contribution in [1.29, 1.82) is 0 Å². The molecule has 1 rings (SSSR count). The van der Waals surface area contributed by atoms with Crippen LogP contribution in [-0.2, 0) is 11.2 Å². The molecule has 1 heterocycles. The van der Waals surface area contributed by atoms with Crippen molar-refractivity contribution in [1.82, 2.24) is 15.5 Å². The number of H-pyrrole nitrogens is 1. The number of nitrogens with zero attached hydrogens (tertiary/aromatic N) is 1. The molecule has 0 spiro atoms. The average Bonchev–Trinajstić information content (AvgIpc) is 2.65. The Balaban J connectivity index is 2.29. The summed E-state index contributed by atoms with van der Waals surface area (Å²) in [6, 6.07) is 2.29. The minimum atomic E-state index is -0.00676. The second-order valence-corrected chi connectivity index (χ2v) is 4.44. The summed E-state index contributed by atoms with van der Waals surface area (Å²) in [6.07, 6.45) is 2.49. The number of carbonyl (C=O) groups excluding carboxylic acids is 1. The molecule has 0 saturated carbocycles. The molecule has 1 amide bonds. The molecule has 0 saturated heterocycles. The van der Waals surface area contributed by atoms with E-state index in [2.05, 4.69) is 41.6 Å². The molecule has 5 heteroatoms. The van der Waals surface area contributed by atoms with E-state index >= 15 is 0 Å². The molecule has 0 aliphatic carbocycles. The van der Waals surface area contributed by atoms with Crippen molar-refractivity contribution in [2.24, 2.45) is 0 Å². The Morgan fingerprint density at radius 2 is 2.29 bits per heavy atom. The molecule has 0 aliphatic rings. The zero-order chi connectivity index (χ0) is 12.7. The number of anilines is 1. The van der Waals surface area contributed by atoms with Crippen molar-refractivity contribution < 1.29 is 4.79 Å². The van der Waals surface area contributed by atoms with Gasteiger partial charge in [0.2, 0.25) is 5.91 Å². The Morgan fingerprint density at radius 1 is 1.53 bits per heavy atom. The van der Waals surface area contributed by atoms with Gasteiger partial charge in [-0.05, 0) is 6.42 Å². The molecule has 96 valence electrons. The predicted molar refractivity (Wildman–Crippen MR) is 69.0 cm³/mol. The van der Waals surface area contributed by atoms with Gasteiger partial charge in [0, 0.05) is 30.8 Å². The summed E-state index contributed by atoms with van der Waals surface area (Å²) in [5, 5.41) is 12.9. The lowest BCUT2D eigenvalue weighted by Gasteiger charge is -2.06. The zero-order valence-corrected chi connectivity index (χ0v) is 10.8. The van der Waals surface area contributed by atoms with E-state index in [1.807, 2.05) is 6.07 Å². The van der Waals surface area contributed by atoms with E-state index in [9.17, 15) is 4.79 Å². The highest BCUT2D eigenvalue weighted by atomic mass is 16.1. The minimum Gasteiger partial charge on any atom is -0.314 e. The number of amides is 1. The molecule has 17 heavy (non-hydrogen) atoms. The third-order valence-corrected chi connectivity index (χ3v) is 2.32. The fourth-order valence-electron chi connectivity index (χ4n) is 1.50. The summed E-state index contributed by atoms with van der Waals surface area (Å²) in [4.78, 5) is 11.6. The second-order valence-electron chi connectivity index (χ2n) is 4.44. The number of aromatic nitrogens is 2. The van der Waals surface area contributed by atoms with E-state index in [4.69, 9.17) is 0 Å². The molecular weight excluding hydrogens is 216 g/mol. The Bertz CT molecular complexity index is 346. The highest BCUT2D eigenvalue weighted by molar-refractivity contribution is 5.89. The van der Waals surface area contributed by atoms with Crippen molar-refractivity contribution >= 4 is 11.7 Å². The maximum Gasteiger partial charge on any atom is 0.226 e. The molecule has 1 aromatic rings. The highest BCUT2D eigenvalue weighted by Gasteiger charge is 2.05. The van der Waals surface area contributed by atoms with Gasteiger partial charge in [-0.25, -0.2) is 0 Å². The third-order valence-electron chi connectivity index (χ3n) is 2.32. The molecule has 0 fully saturated rings. The first-order valence-electron chi connectivity index (χ1n) is 6.19. The predicted octanol–water partition coefficient (Wildman–Crippen LogP) is 1.69. The number of rotatable bonds is 7. The van der Waals surface area contributed by atoms with Gasteiger partial charge in [-0.2, -0.15) is 5.10 Å². The average molecular weight is 238 g/mol. The Hall–Kier alpha value is -1.36. The molecule has 0 unspecified atom stereocenters. The van der Waals surface area contributed by atoms with Crippen LogP contribution in [0.3, 0.4) is 0 Å².